The lowest BCUT2D eigenvalue weighted by Crippen LogP contribution is -2.42. The normalized spacial score (nSPS) is 16.4. The lowest BCUT2D eigenvalue weighted by atomic mass is 10.1. The maximum Gasteiger partial charge on any atom is 0.154 e. The van der Waals surface area contributed by atoms with Gasteiger partial charge in [-0.25, -0.2) is 9.97 Å². The van der Waals surface area contributed by atoms with Gasteiger partial charge in [0.2, 0.25) is 0 Å². The third-order valence-corrected chi connectivity index (χ3v) is 4.64. The van der Waals surface area contributed by atoms with Gasteiger partial charge in [-0.15, -0.1) is 0 Å². The highest BCUT2D eigenvalue weighted by Crippen LogP contribution is 2.26. The number of morpholine rings is 1. The number of pyridine rings is 1. The Hall–Kier alpha value is -2.42. The van der Waals surface area contributed by atoms with Crippen LogP contribution in [0.1, 0.15) is 0 Å². The molecule has 4 rings (SSSR count). The minimum Gasteiger partial charge on any atom is -0.378 e. The first-order valence-corrected chi connectivity index (χ1v) is 9.16. The summed E-state index contributed by atoms with van der Waals surface area (Å²) in [6.45, 7) is 3.15. The number of hydrogen-bond acceptors (Lipinski definition) is 7. The van der Waals surface area contributed by atoms with Gasteiger partial charge in [0.05, 0.1) is 23.9 Å². The molecule has 0 bridgehead atoms. The third kappa shape index (κ3) is 4.52. The molecule has 2 N–H and O–H groups in total. The third-order valence-electron chi connectivity index (χ3n) is 4.64. The molecule has 1 aromatic carbocycles. The lowest BCUT2D eigenvalue weighted by Gasteiger charge is -2.24. The van der Waals surface area contributed by atoms with Crippen LogP contribution < -0.4 is 15.5 Å². The van der Waals surface area contributed by atoms with Gasteiger partial charge in [-0.05, 0) is 18.2 Å². The molecular formula is C20H26N6OS. The average molecular weight is 399 g/mol. The molecule has 0 radical (unpaired) electrons. The second-order valence-corrected chi connectivity index (χ2v) is 6.80. The van der Waals surface area contributed by atoms with Crippen LogP contribution in [0.5, 0.6) is 0 Å². The van der Waals surface area contributed by atoms with E-state index in [-0.39, 0.29) is 19.6 Å². The molecule has 3 heterocycles. The Kier molecular flexibility index (Phi) is 6.66. The molecule has 0 unspecified atom stereocenters. The van der Waals surface area contributed by atoms with Crippen molar-refractivity contribution in [1.82, 2.24) is 20.3 Å². The number of fused-ring (bicyclic) bond motifs is 1. The second-order valence-electron chi connectivity index (χ2n) is 6.80. The van der Waals surface area contributed by atoms with E-state index in [9.17, 15) is 0 Å². The molecule has 7 nitrogen and oxygen atoms in total. The Labute approximate surface area is 172 Å². The predicted octanol–water partition coefficient (Wildman–Crippen LogP) is 2.27. The van der Waals surface area contributed by atoms with Gasteiger partial charge in [-0.2, -0.15) is 13.5 Å². The summed E-state index contributed by atoms with van der Waals surface area (Å²) in [5, 5.41) is 6.75. The number of ether oxygens (including phenoxy) is 1. The van der Waals surface area contributed by atoms with E-state index in [1.807, 2.05) is 20.2 Å². The van der Waals surface area contributed by atoms with Crippen molar-refractivity contribution in [3.63, 3.8) is 0 Å². The second kappa shape index (κ2) is 9.18. The molecule has 0 spiro atoms. The van der Waals surface area contributed by atoms with Crippen LogP contribution >= 0.6 is 13.5 Å². The Morgan fingerprint density at radius 1 is 1.18 bits per heavy atom. The van der Waals surface area contributed by atoms with Crippen LogP contribution in [0.15, 0.2) is 42.7 Å². The molecular weight excluding hydrogens is 372 g/mol. The number of aromatic nitrogens is 3. The fourth-order valence-electron chi connectivity index (χ4n) is 3.13. The molecule has 2 aromatic heterocycles. The van der Waals surface area contributed by atoms with E-state index in [0.29, 0.717) is 6.54 Å². The van der Waals surface area contributed by atoms with Crippen molar-refractivity contribution in [1.29, 1.82) is 0 Å². The fraction of sp³-hybridized carbons (Fsp3) is 0.350. The van der Waals surface area contributed by atoms with Crippen molar-refractivity contribution in [3.05, 3.63) is 42.7 Å². The highest BCUT2D eigenvalue weighted by molar-refractivity contribution is 7.59. The zero-order chi connectivity index (χ0) is 18.6. The summed E-state index contributed by atoms with van der Waals surface area (Å²) in [5.74, 6) is 0.737. The van der Waals surface area contributed by atoms with Crippen LogP contribution in [-0.2, 0) is 4.74 Å². The Morgan fingerprint density at radius 2 is 1.96 bits per heavy atom. The number of nitrogens with one attached hydrogen (secondary N) is 2. The standard InChI is InChI=1S/C20H24N6O.H2S/c1-26(2)15-5-3-14(4-6-15)17-11-18-19(23-8-7-22-18)20(25-17)24-13-16-12-21-9-10-27-16;/h3-8,11,16,21H,9-10,12-13H2,1-2H3,(H,24,25);1H2/t16-;/m0./s1. The maximum absolute atomic E-state index is 5.77. The van der Waals surface area contributed by atoms with Crippen molar-refractivity contribution in [3.8, 4) is 11.3 Å². The van der Waals surface area contributed by atoms with E-state index in [1.165, 1.54) is 0 Å². The summed E-state index contributed by atoms with van der Waals surface area (Å²) in [5.41, 5.74) is 4.67. The van der Waals surface area contributed by atoms with Gasteiger partial charge >= 0.3 is 0 Å². The van der Waals surface area contributed by atoms with Gasteiger partial charge in [0.25, 0.3) is 0 Å². The van der Waals surface area contributed by atoms with E-state index in [4.69, 9.17) is 9.72 Å². The summed E-state index contributed by atoms with van der Waals surface area (Å²) in [6, 6.07) is 10.3. The van der Waals surface area contributed by atoms with E-state index >= 15 is 0 Å². The topological polar surface area (TPSA) is 75.2 Å². The Balaban J connectivity index is 0.00000225. The highest BCUT2D eigenvalue weighted by Gasteiger charge is 2.15. The zero-order valence-electron chi connectivity index (χ0n) is 16.1. The Bertz CT molecular complexity index is 912. The maximum atomic E-state index is 5.77. The molecule has 1 aliphatic heterocycles. The van der Waals surface area contributed by atoms with E-state index in [2.05, 4.69) is 49.8 Å². The predicted molar refractivity (Wildman–Crippen MR) is 119 cm³/mol. The van der Waals surface area contributed by atoms with Crippen LogP contribution in [0.3, 0.4) is 0 Å². The molecule has 0 amide bonds. The van der Waals surface area contributed by atoms with Crippen LogP contribution in [0, 0.1) is 0 Å². The number of rotatable bonds is 5. The molecule has 0 aliphatic carbocycles. The summed E-state index contributed by atoms with van der Waals surface area (Å²) < 4.78 is 5.77. The largest absolute Gasteiger partial charge is 0.378 e. The van der Waals surface area contributed by atoms with Crippen LogP contribution in [0.25, 0.3) is 22.3 Å². The van der Waals surface area contributed by atoms with Crippen molar-refractivity contribution < 1.29 is 4.74 Å². The van der Waals surface area contributed by atoms with E-state index < -0.39 is 0 Å². The quantitative estimate of drug-likeness (QED) is 0.683. The number of nitrogens with zero attached hydrogens (tertiary/aromatic N) is 4. The average Bonchev–Trinajstić information content (AvgIpc) is 2.72. The van der Waals surface area contributed by atoms with E-state index in [1.54, 1.807) is 12.4 Å². The van der Waals surface area contributed by atoms with Gasteiger partial charge in [0.1, 0.15) is 5.52 Å². The molecule has 1 aliphatic rings. The first-order valence-electron chi connectivity index (χ1n) is 9.16. The van der Waals surface area contributed by atoms with Crippen molar-refractivity contribution in [2.45, 2.75) is 6.10 Å². The number of benzene rings is 1. The number of anilines is 2. The molecule has 148 valence electrons. The first-order chi connectivity index (χ1) is 13.2. The molecule has 8 heteroatoms. The van der Waals surface area contributed by atoms with Crippen molar-refractivity contribution >= 4 is 36.0 Å². The van der Waals surface area contributed by atoms with Gasteiger partial charge in [-0.3, -0.25) is 4.98 Å². The minimum absolute atomic E-state index is 0. The van der Waals surface area contributed by atoms with E-state index in [0.717, 1.165) is 53.5 Å². The summed E-state index contributed by atoms with van der Waals surface area (Å²) >= 11 is 0. The van der Waals surface area contributed by atoms with Gasteiger partial charge in [-0.1, -0.05) is 12.1 Å². The first kappa shape index (κ1) is 20.3. The Morgan fingerprint density at radius 3 is 2.68 bits per heavy atom. The highest BCUT2D eigenvalue weighted by atomic mass is 32.1. The molecule has 28 heavy (non-hydrogen) atoms. The van der Waals surface area contributed by atoms with Gasteiger partial charge in [0.15, 0.2) is 5.82 Å². The SMILES string of the molecule is CN(C)c1ccc(-c2cc3nccnc3c(NC[C@@H]3CNCCO3)n2)cc1.S. The summed E-state index contributed by atoms with van der Waals surface area (Å²) in [7, 11) is 4.06. The van der Waals surface area contributed by atoms with Crippen LogP contribution in [-0.4, -0.2) is 61.4 Å². The van der Waals surface area contributed by atoms with Gasteiger partial charge < -0.3 is 20.3 Å². The number of hydrogen-bond donors (Lipinski definition) is 2. The zero-order valence-corrected chi connectivity index (χ0v) is 17.1. The fourth-order valence-corrected chi connectivity index (χ4v) is 3.13. The monoisotopic (exact) mass is 398 g/mol. The molecule has 1 saturated heterocycles. The smallest absolute Gasteiger partial charge is 0.154 e. The molecule has 3 aromatic rings. The summed E-state index contributed by atoms with van der Waals surface area (Å²) in [6.07, 6.45) is 3.52. The van der Waals surface area contributed by atoms with Crippen LogP contribution in [0.2, 0.25) is 0 Å². The minimum atomic E-state index is 0. The summed E-state index contributed by atoms with van der Waals surface area (Å²) in [4.78, 5) is 15.8. The van der Waals surface area contributed by atoms with Gasteiger partial charge in [0, 0.05) is 57.4 Å². The molecule has 1 atom stereocenters. The lowest BCUT2D eigenvalue weighted by molar-refractivity contribution is 0.0372. The molecule has 1 fully saturated rings. The van der Waals surface area contributed by atoms with Crippen LogP contribution in [0.4, 0.5) is 11.5 Å². The van der Waals surface area contributed by atoms with Crippen molar-refractivity contribution in [2.75, 3.05) is 50.6 Å². The molecule has 0 saturated carbocycles. The van der Waals surface area contributed by atoms with Crippen molar-refractivity contribution in [2.24, 2.45) is 0 Å².